The van der Waals surface area contributed by atoms with E-state index in [9.17, 15) is 8.42 Å². The van der Waals surface area contributed by atoms with Crippen LogP contribution in [0.25, 0.3) is 0 Å². The molecule has 3 N–H and O–H groups in total. The molecule has 0 atom stereocenters. The van der Waals surface area contributed by atoms with Crippen LogP contribution in [0.3, 0.4) is 0 Å². The van der Waals surface area contributed by atoms with Crippen LogP contribution in [0, 0.1) is 0 Å². The van der Waals surface area contributed by atoms with E-state index in [1.807, 2.05) is 0 Å². The van der Waals surface area contributed by atoms with Crippen molar-refractivity contribution in [2.24, 2.45) is 0 Å². The predicted molar refractivity (Wildman–Crippen MR) is 85.9 cm³/mol. The average molecular weight is 332 g/mol. The summed E-state index contributed by atoms with van der Waals surface area (Å²) in [6.07, 6.45) is 2.80. The van der Waals surface area contributed by atoms with Crippen LogP contribution in [0.1, 0.15) is 26.2 Å². The molecule has 118 valence electrons. The summed E-state index contributed by atoms with van der Waals surface area (Å²) in [5.74, 6) is 0. The summed E-state index contributed by atoms with van der Waals surface area (Å²) in [7, 11) is -3.54. The van der Waals surface area contributed by atoms with Gasteiger partial charge in [0.15, 0.2) is 0 Å². The number of hydrogen-bond donors (Lipinski definition) is 2. The minimum Gasteiger partial charge on any atom is -0.397 e. The molecule has 0 aromatic heterocycles. The van der Waals surface area contributed by atoms with E-state index < -0.39 is 10.0 Å². The van der Waals surface area contributed by atoms with Crippen molar-refractivity contribution in [1.29, 1.82) is 0 Å². The summed E-state index contributed by atoms with van der Waals surface area (Å²) < 4.78 is 27.5. The molecule has 0 amide bonds. The first kappa shape index (κ1) is 16.5. The van der Waals surface area contributed by atoms with E-state index >= 15 is 0 Å². The zero-order valence-electron chi connectivity index (χ0n) is 12.2. The molecule has 1 heterocycles. The maximum atomic E-state index is 12.3. The van der Waals surface area contributed by atoms with E-state index in [1.54, 1.807) is 0 Å². The molecule has 7 heteroatoms. The van der Waals surface area contributed by atoms with Gasteiger partial charge in [0.1, 0.15) is 0 Å². The molecule has 0 unspecified atom stereocenters. The second-order valence-corrected chi connectivity index (χ2v) is 7.54. The molecular formula is C14H22ClN3O2S. The van der Waals surface area contributed by atoms with Gasteiger partial charge in [0.25, 0.3) is 0 Å². The van der Waals surface area contributed by atoms with Gasteiger partial charge in [0, 0.05) is 6.04 Å². The smallest absolute Gasteiger partial charge is 0.240 e. The summed E-state index contributed by atoms with van der Waals surface area (Å²) in [5.41, 5.74) is 5.95. The van der Waals surface area contributed by atoms with Gasteiger partial charge in [0.2, 0.25) is 10.0 Å². The first-order valence-electron chi connectivity index (χ1n) is 7.22. The highest BCUT2D eigenvalue weighted by molar-refractivity contribution is 7.89. The third kappa shape index (κ3) is 4.32. The van der Waals surface area contributed by atoms with Crippen molar-refractivity contribution in [1.82, 2.24) is 9.62 Å². The van der Waals surface area contributed by atoms with Crippen molar-refractivity contribution in [2.75, 3.05) is 25.4 Å². The average Bonchev–Trinajstić information content (AvgIpc) is 2.44. The first-order valence-corrected chi connectivity index (χ1v) is 9.08. The van der Waals surface area contributed by atoms with E-state index in [2.05, 4.69) is 16.5 Å². The lowest BCUT2D eigenvalue weighted by Gasteiger charge is -2.31. The molecule has 0 saturated carbocycles. The Morgan fingerprint density at radius 1 is 1.38 bits per heavy atom. The molecule has 21 heavy (non-hydrogen) atoms. The number of likely N-dealkylation sites (tertiary alicyclic amines) is 1. The number of halogens is 1. The molecule has 0 aliphatic carbocycles. The topological polar surface area (TPSA) is 75.4 Å². The fourth-order valence-electron chi connectivity index (χ4n) is 2.57. The number of anilines is 1. The number of nitrogens with one attached hydrogen (secondary N) is 1. The van der Waals surface area contributed by atoms with Crippen molar-refractivity contribution in [2.45, 2.75) is 37.1 Å². The summed E-state index contributed by atoms with van der Waals surface area (Å²) in [5, 5.41) is 0.363. The number of nitrogen functional groups attached to an aromatic ring is 1. The van der Waals surface area contributed by atoms with Crippen LogP contribution < -0.4 is 10.5 Å². The standard InChI is InChI=1S/C14H22ClN3O2S/c1-2-7-18-8-5-11(6-9-18)17-21(19,20)12-3-4-13(15)14(16)10-12/h3-4,10-11,17H,2,5-9,16H2,1H3. The molecule has 5 nitrogen and oxygen atoms in total. The van der Waals surface area contributed by atoms with Crippen molar-refractivity contribution >= 4 is 27.3 Å². The molecule has 0 radical (unpaired) electrons. The van der Waals surface area contributed by atoms with Gasteiger partial charge >= 0.3 is 0 Å². The summed E-state index contributed by atoms with van der Waals surface area (Å²) in [6, 6.07) is 4.37. The molecule has 1 fully saturated rings. The summed E-state index contributed by atoms with van der Waals surface area (Å²) in [6.45, 7) is 5.10. The van der Waals surface area contributed by atoms with Crippen LogP contribution in [-0.2, 0) is 10.0 Å². The molecular weight excluding hydrogens is 310 g/mol. The Morgan fingerprint density at radius 3 is 2.62 bits per heavy atom. The Hall–Kier alpha value is -0.820. The minimum absolute atomic E-state index is 0.0139. The van der Waals surface area contributed by atoms with E-state index in [0.29, 0.717) is 5.02 Å². The third-order valence-corrected chi connectivity index (χ3v) is 5.59. The molecule has 1 saturated heterocycles. The Morgan fingerprint density at radius 2 is 2.05 bits per heavy atom. The number of nitrogens with two attached hydrogens (primary N) is 1. The normalized spacial score (nSPS) is 18.0. The third-order valence-electron chi connectivity index (χ3n) is 3.73. The second-order valence-electron chi connectivity index (χ2n) is 5.42. The van der Waals surface area contributed by atoms with Gasteiger partial charge in [-0.25, -0.2) is 13.1 Å². The van der Waals surface area contributed by atoms with Crippen molar-refractivity contribution in [3.63, 3.8) is 0 Å². The largest absolute Gasteiger partial charge is 0.397 e. The quantitative estimate of drug-likeness (QED) is 0.810. The monoisotopic (exact) mass is 331 g/mol. The number of sulfonamides is 1. The van der Waals surface area contributed by atoms with Crippen LogP contribution in [-0.4, -0.2) is 39.0 Å². The predicted octanol–water partition coefficient (Wildman–Crippen LogP) is 2.07. The fraction of sp³-hybridized carbons (Fsp3) is 0.571. The van der Waals surface area contributed by atoms with Crippen LogP contribution in [0.4, 0.5) is 5.69 Å². The lowest BCUT2D eigenvalue weighted by atomic mass is 10.1. The van der Waals surface area contributed by atoms with E-state index in [-0.39, 0.29) is 16.6 Å². The maximum Gasteiger partial charge on any atom is 0.240 e. The molecule has 1 aromatic rings. The van der Waals surface area contributed by atoms with E-state index in [0.717, 1.165) is 38.9 Å². The zero-order chi connectivity index (χ0) is 15.5. The highest BCUT2D eigenvalue weighted by Crippen LogP contribution is 2.23. The molecule has 2 rings (SSSR count). The summed E-state index contributed by atoms with van der Waals surface area (Å²) >= 11 is 5.82. The highest BCUT2D eigenvalue weighted by atomic mass is 35.5. The van der Waals surface area contributed by atoms with E-state index in [1.165, 1.54) is 18.2 Å². The Balaban J connectivity index is 2.00. The van der Waals surface area contributed by atoms with Gasteiger partial charge in [-0.1, -0.05) is 18.5 Å². The minimum atomic E-state index is -3.54. The van der Waals surface area contributed by atoms with Crippen LogP contribution in [0.5, 0.6) is 0 Å². The zero-order valence-corrected chi connectivity index (χ0v) is 13.8. The first-order chi connectivity index (χ1) is 9.92. The van der Waals surface area contributed by atoms with Gasteiger partial charge in [0.05, 0.1) is 15.6 Å². The maximum absolute atomic E-state index is 12.3. The Bertz CT molecular complexity index is 584. The highest BCUT2D eigenvalue weighted by Gasteiger charge is 2.24. The lowest BCUT2D eigenvalue weighted by molar-refractivity contribution is 0.208. The van der Waals surface area contributed by atoms with E-state index in [4.69, 9.17) is 17.3 Å². The molecule has 1 aliphatic heterocycles. The molecule has 1 aromatic carbocycles. The Labute approximate surface area is 131 Å². The van der Waals surface area contributed by atoms with Gasteiger partial charge in [-0.3, -0.25) is 0 Å². The van der Waals surface area contributed by atoms with Crippen molar-refractivity contribution in [3.05, 3.63) is 23.2 Å². The number of nitrogens with zero attached hydrogens (tertiary/aromatic N) is 1. The number of piperidine rings is 1. The van der Waals surface area contributed by atoms with Crippen LogP contribution in [0.15, 0.2) is 23.1 Å². The van der Waals surface area contributed by atoms with Crippen LogP contribution in [0.2, 0.25) is 5.02 Å². The van der Waals surface area contributed by atoms with Gasteiger partial charge in [-0.2, -0.15) is 0 Å². The van der Waals surface area contributed by atoms with Gasteiger partial charge < -0.3 is 10.6 Å². The van der Waals surface area contributed by atoms with Crippen LogP contribution >= 0.6 is 11.6 Å². The number of rotatable bonds is 5. The molecule has 1 aliphatic rings. The Kier molecular flexibility index (Phi) is 5.48. The fourth-order valence-corrected chi connectivity index (χ4v) is 4.02. The summed E-state index contributed by atoms with van der Waals surface area (Å²) in [4.78, 5) is 2.53. The lowest BCUT2D eigenvalue weighted by Crippen LogP contribution is -2.44. The SMILES string of the molecule is CCCN1CCC(NS(=O)(=O)c2ccc(Cl)c(N)c2)CC1. The molecule has 0 bridgehead atoms. The number of hydrogen-bond acceptors (Lipinski definition) is 4. The van der Waals surface area contributed by atoms with Gasteiger partial charge in [-0.05, 0) is 57.1 Å². The van der Waals surface area contributed by atoms with Crippen molar-refractivity contribution < 1.29 is 8.42 Å². The number of benzene rings is 1. The van der Waals surface area contributed by atoms with Gasteiger partial charge in [-0.15, -0.1) is 0 Å². The van der Waals surface area contributed by atoms with Crippen molar-refractivity contribution in [3.8, 4) is 0 Å². The second kappa shape index (κ2) is 6.96. The molecule has 0 spiro atoms.